The molecule has 0 aromatic carbocycles. The Kier molecular flexibility index (Phi) is 5.14. The van der Waals surface area contributed by atoms with Crippen LogP contribution >= 0.6 is 11.3 Å². The zero-order valence-corrected chi connectivity index (χ0v) is 14.3. The summed E-state index contributed by atoms with van der Waals surface area (Å²) in [7, 11) is 0. The van der Waals surface area contributed by atoms with Crippen LogP contribution in [-0.4, -0.2) is 44.8 Å². The number of nitrogens with zero attached hydrogens (tertiary/aromatic N) is 4. The lowest BCUT2D eigenvalue weighted by Gasteiger charge is -2.31. The number of hydrogen-bond acceptors (Lipinski definition) is 6. The van der Waals surface area contributed by atoms with E-state index >= 15 is 0 Å². The molecule has 2 aromatic heterocycles. The molecule has 0 aliphatic carbocycles. The van der Waals surface area contributed by atoms with Crippen LogP contribution in [0.15, 0.2) is 24.1 Å². The van der Waals surface area contributed by atoms with Crippen molar-refractivity contribution in [1.82, 2.24) is 25.2 Å². The van der Waals surface area contributed by atoms with E-state index in [1.54, 1.807) is 31.0 Å². The van der Waals surface area contributed by atoms with Gasteiger partial charge in [-0.05, 0) is 12.8 Å². The van der Waals surface area contributed by atoms with Crippen molar-refractivity contribution in [2.45, 2.75) is 32.2 Å². The second kappa shape index (κ2) is 7.48. The zero-order chi connectivity index (χ0) is 16.9. The molecule has 0 atom stereocenters. The topological polar surface area (TPSA) is 88.1 Å². The lowest BCUT2D eigenvalue weighted by molar-refractivity contribution is -0.129. The fourth-order valence-electron chi connectivity index (χ4n) is 2.90. The summed E-state index contributed by atoms with van der Waals surface area (Å²) in [5.74, 6) is 0.231. The minimum atomic E-state index is -0.152. The number of nitrogens with one attached hydrogen (secondary N) is 1. The summed E-state index contributed by atoms with van der Waals surface area (Å²) in [5, 5.41) is 2.87. The second-order valence-corrected chi connectivity index (χ2v) is 6.60. The molecule has 24 heavy (non-hydrogen) atoms. The van der Waals surface area contributed by atoms with E-state index in [-0.39, 0.29) is 17.7 Å². The Morgan fingerprint density at radius 2 is 2.04 bits per heavy atom. The van der Waals surface area contributed by atoms with Gasteiger partial charge in [0.1, 0.15) is 4.88 Å². The molecular formula is C16H19N5O2S. The third-order valence-corrected chi connectivity index (χ3v) is 4.98. The normalized spacial score (nSPS) is 15.3. The molecule has 7 nitrogen and oxygen atoms in total. The van der Waals surface area contributed by atoms with Gasteiger partial charge < -0.3 is 10.2 Å². The third-order valence-electron chi connectivity index (χ3n) is 4.21. The maximum Gasteiger partial charge on any atom is 0.263 e. The SMILES string of the molecule is CC(=O)N1CCC(c2nccnc2CNC(=O)c2cncs2)CC1. The van der Waals surface area contributed by atoms with Crippen LogP contribution in [0.4, 0.5) is 0 Å². The Bertz CT molecular complexity index is 711. The molecule has 0 bridgehead atoms. The summed E-state index contributed by atoms with van der Waals surface area (Å²) in [6.45, 7) is 3.42. The van der Waals surface area contributed by atoms with Gasteiger partial charge in [0.25, 0.3) is 5.91 Å². The van der Waals surface area contributed by atoms with E-state index in [1.807, 2.05) is 4.90 Å². The predicted molar refractivity (Wildman–Crippen MR) is 89.5 cm³/mol. The Hall–Kier alpha value is -2.35. The molecule has 1 fully saturated rings. The first-order valence-corrected chi connectivity index (χ1v) is 8.75. The average molecular weight is 345 g/mol. The molecule has 2 amide bonds. The summed E-state index contributed by atoms with van der Waals surface area (Å²) in [6, 6.07) is 0. The molecule has 8 heteroatoms. The van der Waals surface area contributed by atoms with Crippen LogP contribution in [0, 0.1) is 0 Å². The summed E-state index contributed by atoms with van der Waals surface area (Å²) < 4.78 is 0. The second-order valence-electron chi connectivity index (χ2n) is 5.72. The molecule has 3 rings (SSSR count). The first-order chi connectivity index (χ1) is 11.6. The molecule has 1 saturated heterocycles. The van der Waals surface area contributed by atoms with E-state index in [1.165, 1.54) is 11.3 Å². The van der Waals surface area contributed by atoms with Gasteiger partial charge in [-0.1, -0.05) is 0 Å². The number of rotatable bonds is 4. The van der Waals surface area contributed by atoms with Crippen molar-refractivity contribution in [3.63, 3.8) is 0 Å². The predicted octanol–water partition coefficient (Wildman–Crippen LogP) is 1.59. The highest BCUT2D eigenvalue weighted by molar-refractivity contribution is 7.11. The number of carbonyl (C=O) groups excluding carboxylic acids is 2. The van der Waals surface area contributed by atoms with Crippen molar-refractivity contribution >= 4 is 23.2 Å². The fraction of sp³-hybridized carbons (Fsp3) is 0.438. The van der Waals surface area contributed by atoms with Gasteiger partial charge in [-0.15, -0.1) is 11.3 Å². The minimum absolute atomic E-state index is 0.115. The van der Waals surface area contributed by atoms with Crippen LogP contribution in [0.1, 0.15) is 46.7 Å². The molecule has 0 spiro atoms. The van der Waals surface area contributed by atoms with Gasteiger partial charge in [-0.25, -0.2) is 0 Å². The van der Waals surface area contributed by atoms with Gasteiger partial charge in [0, 0.05) is 38.3 Å². The van der Waals surface area contributed by atoms with E-state index < -0.39 is 0 Å². The van der Waals surface area contributed by atoms with Crippen molar-refractivity contribution in [2.75, 3.05) is 13.1 Å². The standard InChI is InChI=1S/C16H19N5O2S/c1-11(22)21-6-2-12(3-7-21)15-13(18-4-5-19-15)8-20-16(23)14-9-17-10-24-14/h4-5,9-10,12H,2-3,6-8H2,1H3,(H,20,23). The van der Waals surface area contributed by atoms with Gasteiger partial charge in [0.05, 0.1) is 29.6 Å². The van der Waals surface area contributed by atoms with Crippen LogP contribution in [0.25, 0.3) is 0 Å². The number of amides is 2. The van der Waals surface area contributed by atoms with Crippen LogP contribution in [-0.2, 0) is 11.3 Å². The Balaban J connectivity index is 1.65. The molecule has 0 radical (unpaired) electrons. The highest BCUT2D eigenvalue weighted by atomic mass is 32.1. The van der Waals surface area contributed by atoms with Crippen LogP contribution < -0.4 is 5.32 Å². The quantitative estimate of drug-likeness (QED) is 0.909. The van der Waals surface area contributed by atoms with Crippen LogP contribution in [0.2, 0.25) is 0 Å². The van der Waals surface area contributed by atoms with Gasteiger partial charge in [0.15, 0.2) is 0 Å². The zero-order valence-electron chi connectivity index (χ0n) is 13.4. The maximum atomic E-state index is 12.1. The smallest absolute Gasteiger partial charge is 0.263 e. The van der Waals surface area contributed by atoms with E-state index in [9.17, 15) is 9.59 Å². The molecule has 126 valence electrons. The molecule has 1 N–H and O–H groups in total. The summed E-state index contributed by atoms with van der Waals surface area (Å²) >= 11 is 1.30. The van der Waals surface area contributed by atoms with Crippen molar-refractivity contribution in [3.8, 4) is 0 Å². The van der Waals surface area contributed by atoms with E-state index in [0.717, 1.165) is 37.3 Å². The number of aromatic nitrogens is 3. The molecule has 3 heterocycles. The highest BCUT2D eigenvalue weighted by Crippen LogP contribution is 2.28. The number of carbonyl (C=O) groups is 2. The third kappa shape index (κ3) is 3.76. The summed E-state index contributed by atoms with van der Waals surface area (Å²) in [6.07, 6.45) is 6.61. The Morgan fingerprint density at radius 1 is 1.29 bits per heavy atom. The largest absolute Gasteiger partial charge is 0.346 e. The van der Waals surface area contributed by atoms with Crippen molar-refractivity contribution in [1.29, 1.82) is 0 Å². The number of piperidine rings is 1. The summed E-state index contributed by atoms with van der Waals surface area (Å²) in [5.41, 5.74) is 3.34. The molecule has 1 aliphatic heterocycles. The molecule has 0 saturated carbocycles. The number of hydrogen-bond donors (Lipinski definition) is 1. The van der Waals surface area contributed by atoms with Gasteiger partial charge in [-0.2, -0.15) is 0 Å². The van der Waals surface area contributed by atoms with Crippen LogP contribution in [0.3, 0.4) is 0 Å². The van der Waals surface area contributed by atoms with Crippen molar-refractivity contribution in [3.05, 3.63) is 40.4 Å². The van der Waals surface area contributed by atoms with E-state index in [4.69, 9.17) is 0 Å². The Morgan fingerprint density at radius 3 is 2.71 bits per heavy atom. The average Bonchev–Trinajstić information content (AvgIpc) is 3.15. The molecule has 2 aromatic rings. The molecule has 1 aliphatic rings. The molecule has 0 unspecified atom stereocenters. The first-order valence-electron chi connectivity index (χ1n) is 7.87. The van der Waals surface area contributed by atoms with Gasteiger partial charge >= 0.3 is 0 Å². The Labute approximate surface area is 144 Å². The molecular weight excluding hydrogens is 326 g/mol. The fourth-order valence-corrected chi connectivity index (χ4v) is 3.44. The lowest BCUT2D eigenvalue weighted by atomic mass is 9.92. The van der Waals surface area contributed by atoms with E-state index in [2.05, 4.69) is 20.3 Å². The van der Waals surface area contributed by atoms with Crippen molar-refractivity contribution < 1.29 is 9.59 Å². The van der Waals surface area contributed by atoms with Crippen LogP contribution in [0.5, 0.6) is 0 Å². The first kappa shape index (κ1) is 16.5. The summed E-state index contributed by atoms with van der Waals surface area (Å²) in [4.78, 5) is 38.7. The van der Waals surface area contributed by atoms with E-state index in [0.29, 0.717) is 11.4 Å². The van der Waals surface area contributed by atoms with Gasteiger partial charge in [0.2, 0.25) is 5.91 Å². The number of thiazole rings is 1. The van der Waals surface area contributed by atoms with Crippen molar-refractivity contribution in [2.24, 2.45) is 0 Å². The monoisotopic (exact) mass is 345 g/mol. The minimum Gasteiger partial charge on any atom is -0.346 e. The lowest BCUT2D eigenvalue weighted by Crippen LogP contribution is -2.37. The number of likely N-dealkylation sites (tertiary alicyclic amines) is 1. The highest BCUT2D eigenvalue weighted by Gasteiger charge is 2.25. The van der Waals surface area contributed by atoms with Gasteiger partial charge in [-0.3, -0.25) is 24.5 Å². The maximum absolute atomic E-state index is 12.1.